The first-order valence-corrected chi connectivity index (χ1v) is 6.97. The van der Waals surface area contributed by atoms with Crippen molar-refractivity contribution in [3.05, 3.63) is 29.6 Å². The summed E-state index contributed by atoms with van der Waals surface area (Å²) in [7, 11) is 0. The maximum Gasteiger partial charge on any atom is 0.279 e. The summed E-state index contributed by atoms with van der Waals surface area (Å²) in [6, 6.07) is 5.34. The van der Waals surface area contributed by atoms with Gasteiger partial charge in [0, 0.05) is 5.69 Å². The molecular formula is C15H22FN2O+. The molecule has 1 aromatic rings. The number of rotatable bonds is 3. The molecule has 1 aliphatic heterocycles. The topological polar surface area (TPSA) is 33.5 Å². The molecule has 2 N–H and O–H groups in total. The summed E-state index contributed by atoms with van der Waals surface area (Å²) in [5, 5.41) is 2.78. The molecule has 1 heterocycles. The average Bonchev–Trinajstić information content (AvgIpc) is 2.37. The fourth-order valence-electron chi connectivity index (χ4n) is 2.60. The van der Waals surface area contributed by atoms with Crippen LogP contribution in [-0.4, -0.2) is 25.0 Å². The van der Waals surface area contributed by atoms with E-state index in [1.165, 1.54) is 30.2 Å². The second-order valence-corrected chi connectivity index (χ2v) is 5.49. The number of halogens is 1. The number of piperidine rings is 1. The van der Waals surface area contributed by atoms with Gasteiger partial charge in [-0.25, -0.2) is 4.39 Å². The highest BCUT2D eigenvalue weighted by molar-refractivity contribution is 5.91. The Morgan fingerprint density at radius 2 is 2.26 bits per heavy atom. The Hall–Kier alpha value is -1.42. The van der Waals surface area contributed by atoms with Crippen molar-refractivity contribution in [1.29, 1.82) is 0 Å². The third kappa shape index (κ3) is 3.77. The van der Waals surface area contributed by atoms with E-state index in [9.17, 15) is 9.18 Å². The molecule has 2 atom stereocenters. The van der Waals surface area contributed by atoms with Crippen molar-refractivity contribution < 1.29 is 14.1 Å². The van der Waals surface area contributed by atoms with Crippen LogP contribution in [0, 0.1) is 12.7 Å². The molecule has 1 amide bonds. The molecule has 1 saturated heterocycles. The van der Waals surface area contributed by atoms with Crippen LogP contribution in [0.3, 0.4) is 0 Å². The number of nitrogens with one attached hydrogen (secondary N) is 2. The van der Waals surface area contributed by atoms with Crippen molar-refractivity contribution in [3.8, 4) is 0 Å². The second-order valence-electron chi connectivity index (χ2n) is 5.49. The van der Waals surface area contributed by atoms with Crippen LogP contribution in [0.1, 0.15) is 31.7 Å². The molecule has 0 spiro atoms. The summed E-state index contributed by atoms with van der Waals surface area (Å²) in [6.07, 6.45) is 3.63. The summed E-state index contributed by atoms with van der Waals surface area (Å²) >= 11 is 0. The number of likely N-dealkylation sites (tertiary alicyclic amines) is 1. The van der Waals surface area contributed by atoms with Crippen molar-refractivity contribution in [1.82, 2.24) is 0 Å². The van der Waals surface area contributed by atoms with E-state index in [0.717, 1.165) is 6.54 Å². The number of hydrogen-bond acceptors (Lipinski definition) is 1. The van der Waals surface area contributed by atoms with Crippen molar-refractivity contribution in [3.63, 3.8) is 0 Å². The minimum Gasteiger partial charge on any atom is -0.325 e. The molecular weight excluding hydrogens is 243 g/mol. The normalized spacial score (nSPS) is 23.1. The minimum atomic E-state index is -0.281. The lowest BCUT2D eigenvalue weighted by molar-refractivity contribution is -0.920. The number of benzene rings is 1. The van der Waals surface area contributed by atoms with Gasteiger partial charge in [0.25, 0.3) is 5.91 Å². The van der Waals surface area contributed by atoms with E-state index in [-0.39, 0.29) is 11.7 Å². The molecule has 19 heavy (non-hydrogen) atoms. The molecule has 2 rings (SSSR count). The van der Waals surface area contributed by atoms with Crippen LogP contribution in [0.25, 0.3) is 0 Å². The molecule has 0 aliphatic carbocycles. The fourth-order valence-corrected chi connectivity index (χ4v) is 2.60. The Bertz CT molecular complexity index is 461. The third-order valence-corrected chi connectivity index (χ3v) is 3.93. The highest BCUT2D eigenvalue weighted by Gasteiger charge is 2.24. The van der Waals surface area contributed by atoms with Gasteiger partial charge < -0.3 is 10.2 Å². The number of quaternary nitrogens is 1. The molecule has 0 radical (unpaired) electrons. The molecule has 1 unspecified atom stereocenters. The number of amides is 1. The molecule has 1 aliphatic rings. The molecule has 0 bridgehead atoms. The van der Waals surface area contributed by atoms with Gasteiger partial charge in [0.1, 0.15) is 5.82 Å². The van der Waals surface area contributed by atoms with Crippen molar-refractivity contribution in [2.45, 2.75) is 39.2 Å². The molecule has 1 aromatic carbocycles. The predicted octanol–water partition coefficient (Wildman–Crippen LogP) is 1.53. The molecule has 0 saturated carbocycles. The fraction of sp³-hybridized carbons (Fsp3) is 0.533. The van der Waals surface area contributed by atoms with Crippen molar-refractivity contribution in [2.75, 3.05) is 18.4 Å². The Morgan fingerprint density at radius 3 is 2.95 bits per heavy atom. The minimum absolute atomic E-state index is 0.0352. The van der Waals surface area contributed by atoms with Gasteiger partial charge in [-0.05, 0) is 50.8 Å². The zero-order valence-corrected chi connectivity index (χ0v) is 11.6. The SMILES string of the molecule is Cc1ccc(NC(=O)C[NH+]2CCCC[C@H]2C)cc1F. The Kier molecular flexibility index (Phi) is 4.53. The number of aryl methyl sites for hydroxylation is 1. The standard InChI is InChI=1S/C15H21FN2O/c1-11-6-7-13(9-14(11)16)17-15(19)10-18-8-4-3-5-12(18)2/h6-7,9,12H,3-5,8,10H2,1-2H3,(H,17,19)/p+1/t12-/m1/s1. The second kappa shape index (κ2) is 6.15. The van der Waals surface area contributed by atoms with Gasteiger partial charge >= 0.3 is 0 Å². The van der Waals surface area contributed by atoms with Crippen LogP contribution in [0.2, 0.25) is 0 Å². The maximum atomic E-state index is 13.4. The van der Waals surface area contributed by atoms with E-state index >= 15 is 0 Å². The molecule has 104 valence electrons. The van der Waals surface area contributed by atoms with Gasteiger partial charge in [0.05, 0.1) is 12.6 Å². The van der Waals surface area contributed by atoms with Gasteiger partial charge in [-0.15, -0.1) is 0 Å². The largest absolute Gasteiger partial charge is 0.325 e. The highest BCUT2D eigenvalue weighted by atomic mass is 19.1. The molecule has 3 nitrogen and oxygen atoms in total. The Labute approximate surface area is 113 Å². The molecule has 0 aromatic heterocycles. The van der Waals surface area contributed by atoms with E-state index in [2.05, 4.69) is 12.2 Å². The zero-order chi connectivity index (χ0) is 13.8. The predicted molar refractivity (Wildman–Crippen MR) is 73.8 cm³/mol. The third-order valence-electron chi connectivity index (χ3n) is 3.93. The van der Waals surface area contributed by atoms with Crippen LogP contribution in [0.4, 0.5) is 10.1 Å². The number of carbonyl (C=O) groups is 1. The number of carbonyl (C=O) groups excluding carboxylic acids is 1. The van der Waals surface area contributed by atoms with Crippen molar-refractivity contribution >= 4 is 11.6 Å². The zero-order valence-electron chi connectivity index (χ0n) is 11.6. The summed E-state index contributed by atoms with van der Waals surface area (Å²) in [5.41, 5.74) is 1.13. The average molecular weight is 265 g/mol. The van der Waals surface area contributed by atoms with Gasteiger partial charge in [0.2, 0.25) is 0 Å². The van der Waals surface area contributed by atoms with E-state index in [0.29, 0.717) is 23.8 Å². The van der Waals surface area contributed by atoms with E-state index < -0.39 is 0 Å². The van der Waals surface area contributed by atoms with Crippen LogP contribution >= 0.6 is 0 Å². The quantitative estimate of drug-likeness (QED) is 0.854. The van der Waals surface area contributed by atoms with E-state index in [1.807, 2.05) is 0 Å². The van der Waals surface area contributed by atoms with Gasteiger partial charge in [-0.1, -0.05) is 6.07 Å². The number of hydrogen-bond donors (Lipinski definition) is 2. The Morgan fingerprint density at radius 1 is 1.47 bits per heavy atom. The molecule has 1 fully saturated rings. The first-order valence-electron chi connectivity index (χ1n) is 6.97. The van der Waals surface area contributed by atoms with Crippen molar-refractivity contribution in [2.24, 2.45) is 0 Å². The summed E-state index contributed by atoms with van der Waals surface area (Å²) in [4.78, 5) is 13.3. The van der Waals surface area contributed by atoms with Crippen LogP contribution in [0.15, 0.2) is 18.2 Å². The lowest BCUT2D eigenvalue weighted by Gasteiger charge is -2.29. The van der Waals surface area contributed by atoms with Crippen LogP contribution in [-0.2, 0) is 4.79 Å². The van der Waals surface area contributed by atoms with Gasteiger partial charge in [0.15, 0.2) is 6.54 Å². The first kappa shape index (κ1) is 14.0. The van der Waals surface area contributed by atoms with Crippen LogP contribution in [0.5, 0.6) is 0 Å². The highest BCUT2D eigenvalue weighted by Crippen LogP contribution is 2.13. The summed E-state index contributed by atoms with van der Waals surface area (Å²) < 4.78 is 13.4. The lowest BCUT2D eigenvalue weighted by Crippen LogP contribution is -3.17. The summed E-state index contributed by atoms with van der Waals surface area (Å²) in [6.45, 7) is 5.42. The smallest absolute Gasteiger partial charge is 0.279 e. The first-order chi connectivity index (χ1) is 9.06. The molecule has 4 heteroatoms. The van der Waals surface area contributed by atoms with E-state index in [1.54, 1.807) is 19.1 Å². The summed E-state index contributed by atoms with van der Waals surface area (Å²) in [5.74, 6) is -0.316. The Balaban J connectivity index is 1.91. The number of anilines is 1. The lowest BCUT2D eigenvalue weighted by atomic mass is 10.0. The van der Waals surface area contributed by atoms with Crippen LogP contribution < -0.4 is 10.2 Å². The van der Waals surface area contributed by atoms with E-state index in [4.69, 9.17) is 0 Å². The van der Waals surface area contributed by atoms with Gasteiger partial charge in [-0.2, -0.15) is 0 Å². The maximum absolute atomic E-state index is 13.4. The monoisotopic (exact) mass is 265 g/mol. The van der Waals surface area contributed by atoms with Gasteiger partial charge in [-0.3, -0.25) is 4.79 Å².